The van der Waals surface area contributed by atoms with E-state index in [0.717, 1.165) is 11.3 Å². The van der Waals surface area contributed by atoms with Crippen LogP contribution in [-0.4, -0.2) is 32.1 Å². The average Bonchev–Trinajstić information content (AvgIpc) is 2.50. The molecule has 0 saturated heterocycles. The minimum atomic E-state index is -0.565. The van der Waals surface area contributed by atoms with E-state index in [4.69, 9.17) is 4.74 Å². The van der Waals surface area contributed by atoms with Crippen molar-refractivity contribution < 1.29 is 9.53 Å². The second-order valence-corrected chi connectivity index (χ2v) is 6.75. The molecule has 23 heavy (non-hydrogen) atoms. The van der Waals surface area contributed by atoms with Crippen LogP contribution in [0.5, 0.6) is 5.75 Å². The molecule has 5 heteroatoms. The maximum absolute atomic E-state index is 12.4. The highest BCUT2D eigenvalue weighted by atomic mass is 35.5. The van der Waals surface area contributed by atoms with Gasteiger partial charge in [0.15, 0.2) is 0 Å². The van der Waals surface area contributed by atoms with Crippen molar-refractivity contribution in [2.45, 2.75) is 46.1 Å². The van der Waals surface area contributed by atoms with Gasteiger partial charge in [0.25, 0.3) is 0 Å². The second-order valence-electron chi connectivity index (χ2n) is 6.75. The fraction of sp³-hybridized carbons (Fsp3) is 0.611. The summed E-state index contributed by atoms with van der Waals surface area (Å²) in [6.07, 6.45) is 0. The number of ether oxygens (including phenoxy) is 1. The van der Waals surface area contributed by atoms with E-state index in [1.807, 2.05) is 52.1 Å². The SMILES string of the molecule is CNC(C)CNC(=O)C(C)(C)c1ccc(OCC(C)C)cc1.Cl. The number of benzene rings is 1. The largest absolute Gasteiger partial charge is 0.493 e. The Kier molecular flexibility index (Phi) is 9.25. The van der Waals surface area contributed by atoms with Gasteiger partial charge < -0.3 is 15.4 Å². The number of likely N-dealkylation sites (N-methyl/N-ethyl adjacent to an activating group) is 1. The Labute approximate surface area is 146 Å². The van der Waals surface area contributed by atoms with Gasteiger partial charge in [0, 0.05) is 12.6 Å². The van der Waals surface area contributed by atoms with Crippen LogP contribution in [-0.2, 0) is 10.2 Å². The summed E-state index contributed by atoms with van der Waals surface area (Å²) in [7, 11) is 1.89. The molecule has 1 unspecified atom stereocenters. The first-order chi connectivity index (χ1) is 10.3. The molecule has 0 saturated carbocycles. The molecule has 0 aliphatic heterocycles. The van der Waals surface area contributed by atoms with E-state index >= 15 is 0 Å². The van der Waals surface area contributed by atoms with E-state index in [1.165, 1.54) is 0 Å². The minimum absolute atomic E-state index is 0. The van der Waals surface area contributed by atoms with Crippen LogP contribution in [0.4, 0.5) is 0 Å². The molecular weight excluding hydrogens is 312 g/mol. The van der Waals surface area contributed by atoms with E-state index in [1.54, 1.807) is 0 Å². The van der Waals surface area contributed by atoms with Crippen LogP contribution < -0.4 is 15.4 Å². The number of nitrogens with one attached hydrogen (secondary N) is 2. The van der Waals surface area contributed by atoms with Crippen LogP contribution >= 0.6 is 12.4 Å². The lowest BCUT2D eigenvalue weighted by Gasteiger charge is -2.25. The zero-order valence-corrected chi connectivity index (χ0v) is 15.9. The van der Waals surface area contributed by atoms with Gasteiger partial charge in [-0.25, -0.2) is 0 Å². The van der Waals surface area contributed by atoms with Gasteiger partial charge in [-0.2, -0.15) is 0 Å². The molecule has 1 rings (SSSR count). The predicted molar refractivity (Wildman–Crippen MR) is 98.6 cm³/mol. The summed E-state index contributed by atoms with van der Waals surface area (Å²) in [5, 5.41) is 6.10. The second kappa shape index (κ2) is 9.78. The number of hydrogen-bond acceptors (Lipinski definition) is 3. The van der Waals surface area contributed by atoms with Gasteiger partial charge in [0.2, 0.25) is 5.91 Å². The van der Waals surface area contributed by atoms with Crippen molar-refractivity contribution in [3.8, 4) is 5.75 Å². The Morgan fingerprint density at radius 3 is 2.22 bits per heavy atom. The van der Waals surface area contributed by atoms with Crippen molar-refractivity contribution >= 4 is 18.3 Å². The lowest BCUT2D eigenvalue weighted by Crippen LogP contribution is -2.45. The number of carbonyl (C=O) groups excluding carboxylic acids is 1. The van der Waals surface area contributed by atoms with E-state index in [0.29, 0.717) is 19.1 Å². The Bertz CT molecular complexity index is 472. The summed E-state index contributed by atoms with van der Waals surface area (Å²) in [5.74, 6) is 1.37. The minimum Gasteiger partial charge on any atom is -0.493 e. The molecule has 0 bridgehead atoms. The van der Waals surface area contributed by atoms with Crippen molar-refractivity contribution in [2.75, 3.05) is 20.2 Å². The molecule has 0 radical (unpaired) electrons. The third-order valence-corrected chi connectivity index (χ3v) is 3.79. The molecule has 1 atom stereocenters. The molecular formula is C18H31ClN2O2. The topological polar surface area (TPSA) is 50.4 Å². The summed E-state index contributed by atoms with van der Waals surface area (Å²) in [5.41, 5.74) is 0.420. The summed E-state index contributed by atoms with van der Waals surface area (Å²) >= 11 is 0. The maximum atomic E-state index is 12.4. The standard InChI is InChI=1S/C18H30N2O2.ClH/c1-13(2)12-22-16-9-7-15(8-10-16)18(4,5)17(21)20-11-14(3)19-6;/h7-10,13-14,19H,11-12H2,1-6H3,(H,20,21);1H. The van der Waals surface area contributed by atoms with Crippen LogP contribution in [0, 0.1) is 5.92 Å². The first-order valence-corrected chi connectivity index (χ1v) is 7.96. The van der Waals surface area contributed by atoms with Crippen LogP contribution in [0.3, 0.4) is 0 Å². The van der Waals surface area contributed by atoms with Crippen LogP contribution in [0.2, 0.25) is 0 Å². The van der Waals surface area contributed by atoms with Gasteiger partial charge in [-0.05, 0) is 51.4 Å². The molecule has 4 nitrogen and oxygen atoms in total. The normalized spacial score (nSPS) is 12.5. The van der Waals surface area contributed by atoms with E-state index in [9.17, 15) is 4.79 Å². The van der Waals surface area contributed by atoms with Crippen molar-refractivity contribution in [2.24, 2.45) is 5.92 Å². The molecule has 0 aromatic heterocycles. The highest BCUT2D eigenvalue weighted by molar-refractivity contribution is 5.87. The Balaban J connectivity index is 0.00000484. The summed E-state index contributed by atoms with van der Waals surface area (Å²) < 4.78 is 5.68. The van der Waals surface area contributed by atoms with E-state index in [-0.39, 0.29) is 24.4 Å². The third-order valence-electron chi connectivity index (χ3n) is 3.79. The molecule has 0 heterocycles. The number of amides is 1. The quantitative estimate of drug-likeness (QED) is 0.763. The highest BCUT2D eigenvalue weighted by Gasteiger charge is 2.29. The fourth-order valence-electron chi connectivity index (χ4n) is 1.93. The van der Waals surface area contributed by atoms with E-state index < -0.39 is 5.41 Å². The smallest absolute Gasteiger partial charge is 0.230 e. The van der Waals surface area contributed by atoms with Crippen molar-refractivity contribution in [3.05, 3.63) is 29.8 Å². The van der Waals surface area contributed by atoms with Gasteiger partial charge in [0.05, 0.1) is 12.0 Å². The average molecular weight is 343 g/mol. The zero-order chi connectivity index (χ0) is 16.8. The van der Waals surface area contributed by atoms with Gasteiger partial charge in [-0.15, -0.1) is 12.4 Å². The van der Waals surface area contributed by atoms with Gasteiger partial charge >= 0.3 is 0 Å². The van der Waals surface area contributed by atoms with Gasteiger partial charge in [0.1, 0.15) is 5.75 Å². The molecule has 1 amide bonds. The Morgan fingerprint density at radius 2 is 1.74 bits per heavy atom. The first kappa shape index (κ1) is 21.7. The molecule has 1 aromatic rings. The van der Waals surface area contributed by atoms with Crippen LogP contribution in [0.1, 0.15) is 40.2 Å². The Morgan fingerprint density at radius 1 is 1.17 bits per heavy atom. The number of carbonyl (C=O) groups is 1. The fourth-order valence-corrected chi connectivity index (χ4v) is 1.93. The monoisotopic (exact) mass is 342 g/mol. The van der Waals surface area contributed by atoms with Crippen LogP contribution in [0.25, 0.3) is 0 Å². The molecule has 0 aliphatic rings. The summed E-state index contributed by atoms with van der Waals surface area (Å²) in [6, 6.07) is 8.06. The van der Waals surface area contributed by atoms with Gasteiger partial charge in [-0.1, -0.05) is 26.0 Å². The van der Waals surface area contributed by atoms with Crippen LogP contribution in [0.15, 0.2) is 24.3 Å². The van der Waals surface area contributed by atoms with Crippen molar-refractivity contribution in [1.29, 1.82) is 0 Å². The molecule has 0 aliphatic carbocycles. The number of rotatable bonds is 8. The van der Waals surface area contributed by atoms with E-state index in [2.05, 4.69) is 24.5 Å². The first-order valence-electron chi connectivity index (χ1n) is 7.96. The third kappa shape index (κ3) is 6.80. The molecule has 132 valence electrons. The lowest BCUT2D eigenvalue weighted by molar-refractivity contribution is -0.125. The lowest BCUT2D eigenvalue weighted by atomic mass is 9.83. The van der Waals surface area contributed by atoms with Crippen molar-refractivity contribution in [1.82, 2.24) is 10.6 Å². The molecule has 0 fully saturated rings. The molecule has 1 aromatic carbocycles. The van der Waals surface area contributed by atoms with Crippen molar-refractivity contribution in [3.63, 3.8) is 0 Å². The zero-order valence-electron chi connectivity index (χ0n) is 15.1. The number of halogens is 1. The highest BCUT2D eigenvalue weighted by Crippen LogP contribution is 2.25. The predicted octanol–water partition coefficient (Wildman–Crippen LogP) is 3.14. The number of hydrogen-bond donors (Lipinski definition) is 2. The van der Waals surface area contributed by atoms with Gasteiger partial charge in [-0.3, -0.25) is 4.79 Å². The maximum Gasteiger partial charge on any atom is 0.230 e. The Hall–Kier alpha value is -1.26. The summed E-state index contributed by atoms with van der Waals surface area (Å²) in [4.78, 5) is 12.4. The molecule has 0 spiro atoms. The molecule has 2 N–H and O–H groups in total. The summed E-state index contributed by atoms with van der Waals surface area (Å²) in [6.45, 7) is 11.5.